The quantitative estimate of drug-likeness (QED) is 0.216. The standard InChI is InChI=1S/C7H16NO10Si11/c1-28(2,3)18-29(4,7-5-6-8)27(17)26(16)25(15)24(14)23(13)22(12)21(11)20(10)19-9/h5,7H2,1-4H3. The first kappa shape index (κ1) is 29.0. The van der Waals surface area contributed by atoms with Crippen LogP contribution in [0.5, 0.6) is 0 Å². The molecule has 0 bridgehead atoms. The summed E-state index contributed by atoms with van der Waals surface area (Å²) in [7, 11) is -35.4. The van der Waals surface area contributed by atoms with E-state index in [9.17, 15) is 40.2 Å². The van der Waals surface area contributed by atoms with Crippen molar-refractivity contribution in [3.05, 3.63) is 0 Å². The number of hydrogen-bond acceptors (Lipinski definition) is 11. The van der Waals surface area contributed by atoms with Crippen molar-refractivity contribution in [1.29, 1.82) is 5.26 Å². The molecule has 0 amide bonds. The molecule has 0 fully saturated rings. The number of rotatable bonds is 13. The van der Waals surface area contributed by atoms with Gasteiger partial charge in [-0.25, -0.2) is 0 Å². The number of hydrogen-bond donors (Lipinski definition) is 0. The van der Waals surface area contributed by atoms with E-state index in [1.165, 1.54) is 6.55 Å². The van der Waals surface area contributed by atoms with Crippen LogP contribution in [-0.4, -0.2) is 86.8 Å². The van der Waals surface area contributed by atoms with Crippen molar-refractivity contribution in [3.63, 3.8) is 0 Å². The van der Waals surface area contributed by atoms with Crippen molar-refractivity contribution in [3.8, 4) is 6.07 Å². The van der Waals surface area contributed by atoms with Gasteiger partial charge in [0.15, 0.2) is 8.32 Å². The van der Waals surface area contributed by atoms with Crippen molar-refractivity contribution < 1.29 is 44.3 Å². The van der Waals surface area contributed by atoms with Gasteiger partial charge < -0.3 is 44.3 Å². The predicted octanol–water partition coefficient (Wildman–Crippen LogP) is -2.12. The van der Waals surface area contributed by atoms with Crippen LogP contribution in [0.2, 0.25) is 32.2 Å². The molecule has 0 saturated carbocycles. The molecule has 0 aromatic heterocycles. The van der Waals surface area contributed by atoms with E-state index < -0.39 is 86.8 Å². The van der Waals surface area contributed by atoms with Crippen LogP contribution in [0, 0.1) is 11.3 Å². The Morgan fingerprint density at radius 3 is 1.59 bits per heavy atom. The van der Waals surface area contributed by atoms with E-state index in [1.807, 2.05) is 6.07 Å². The predicted molar refractivity (Wildman–Crippen MR) is 109 cm³/mol. The first-order valence-corrected chi connectivity index (χ1v) is 35.1. The minimum absolute atomic E-state index is 0.0224. The fourth-order valence-electron chi connectivity index (χ4n) is 2.09. The van der Waals surface area contributed by atoms with Gasteiger partial charge in [0.2, 0.25) is 7.83 Å². The Labute approximate surface area is 180 Å². The molecule has 0 aliphatic carbocycles. The molecule has 29 heavy (non-hydrogen) atoms. The molecule has 153 valence electrons. The second-order valence-electron chi connectivity index (χ2n) is 6.84. The highest BCUT2D eigenvalue weighted by molar-refractivity contribution is 7.76. The summed E-state index contributed by atoms with van der Waals surface area (Å²) in [5.74, 6) is 0. The van der Waals surface area contributed by atoms with E-state index in [0.29, 0.717) is 0 Å². The van der Waals surface area contributed by atoms with Crippen LogP contribution in [0.1, 0.15) is 6.42 Å². The van der Waals surface area contributed by atoms with Gasteiger partial charge in [0.25, 0.3) is 0 Å². The normalized spacial score (nSPS) is 12.7. The van der Waals surface area contributed by atoms with Crippen molar-refractivity contribution >= 4 is 86.8 Å². The van der Waals surface area contributed by atoms with E-state index in [0.717, 1.165) is 0 Å². The lowest BCUT2D eigenvalue weighted by Crippen LogP contribution is -2.60. The molecule has 1 unspecified atom stereocenters. The third kappa shape index (κ3) is 8.59. The van der Waals surface area contributed by atoms with E-state index in [4.69, 9.17) is 9.38 Å². The molecule has 0 aliphatic heterocycles. The fourth-order valence-corrected chi connectivity index (χ4v) is 105. The second-order valence-corrected chi connectivity index (χ2v) is 57.9. The summed E-state index contributed by atoms with van der Waals surface area (Å²) >= 11 is 0. The van der Waals surface area contributed by atoms with Crippen molar-refractivity contribution in [2.24, 2.45) is 0 Å². The van der Waals surface area contributed by atoms with E-state index in [2.05, 4.69) is 0 Å². The number of nitrogens with zero attached hydrogens (tertiary/aromatic N) is 1. The topological polar surface area (TPSA) is 187 Å². The molecule has 0 N–H and O–H groups in total. The van der Waals surface area contributed by atoms with Crippen LogP contribution in [-0.2, 0) is 44.3 Å². The van der Waals surface area contributed by atoms with Gasteiger partial charge in [-0.1, -0.05) is 0 Å². The summed E-state index contributed by atoms with van der Waals surface area (Å²) in [5.41, 5.74) is 0. The molecule has 1 radical (unpaired) electrons. The third-order valence-electron chi connectivity index (χ3n) is 3.26. The second kappa shape index (κ2) is 12.2. The molecule has 0 rings (SSSR count). The molecule has 0 aliphatic rings. The summed E-state index contributed by atoms with van der Waals surface area (Å²) in [6.07, 6.45) is -0.0224. The van der Waals surface area contributed by atoms with Crippen LogP contribution in [0.15, 0.2) is 0 Å². The van der Waals surface area contributed by atoms with Crippen LogP contribution in [0.25, 0.3) is 0 Å². The average molecular weight is 583 g/mol. The molecule has 0 aromatic carbocycles. The van der Waals surface area contributed by atoms with Gasteiger partial charge in [0, 0.05) is 6.42 Å². The molecule has 0 saturated heterocycles. The molecule has 1 atom stereocenters. The van der Waals surface area contributed by atoms with E-state index in [1.54, 1.807) is 19.6 Å². The Kier molecular flexibility index (Phi) is 12.2. The van der Waals surface area contributed by atoms with Crippen LogP contribution < -0.4 is 0 Å². The van der Waals surface area contributed by atoms with Gasteiger partial charge >= 0.3 is 70.7 Å². The summed E-state index contributed by atoms with van der Waals surface area (Å²) in [4.78, 5) is 0. The smallest absolute Gasteiger partial charge is 0.381 e. The Bertz CT molecular complexity index is 885. The SMILES string of the molecule is C[Si](C)(C)O[Si](C)(CCC#N)[Si](=O)[Si](=O)[Si](=O)[Si](=O)[Si](=O)[Si](=O)[Si](=O)[Si](=O)[Si]=O. The highest BCUT2D eigenvalue weighted by Gasteiger charge is 2.54. The molecule has 11 nitrogen and oxygen atoms in total. The van der Waals surface area contributed by atoms with Gasteiger partial charge in [0.05, 0.1) is 6.07 Å². The first-order chi connectivity index (χ1) is 13.1. The lowest BCUT2D eigenvalue weighted by atomic mass is 10.6. The molecule has 0 spiro atoms. The molecular formula is C7H16NO10Si11. The Hall–Kier alpha value is 0.0357. The highest BCUT2D eigenvalue weighted by atomic mass is 30.0. The van der Waals surface area contributed by atoms with Gasteiger partial charge in [0.1, 0.15) is 0 Å². The van der Waals surface area contributed by atoms with Crippen LogP contribution in [0.3, 0.4) is 0 Å². The minimum Gasteiger partial charge on any atom is -0.453 e. The van der Waals surface area contributed by atoms with Gasteiger partial charge in [-0.05, 0) is 32.2 Å². The lowest BCUT2D eigenvalue weighted by molar-refractivity contribution is 0.528. The van der Waals surface area contributed by atoms with Crippen molar-refractivity contribution in [1.82, 2.24) is 0 Å². The Morgan fingerprint density at radius 1 is 0.793 bits per heavy atom. The third-order valence-corrected chi connectivity index (χ3v) is 76.6. The zero-order valence-electron chi connectivity index (χ0n) is 15.9. The van der Waals surface area contributed by atoms with Gasteiger partial charge in [-0.3, -0.25) is 0 Å². The maximum Gasteiger partial charge on any atom is 0.381 e. The fraction of sp³-hybridized carbons (Fsp3) is 0.857. The molecular weight excluding hydrogens is 567 g/mol. The van der Waals surface area contributed by atoms with Crippen molar-refractivity contribution in [2.75, 3.05) is 0 Å². The minimum atomic E-state index is -3.75. The first-order valence-electron chi connectivity index (χ1n) is 7.93. The average Bonchev–Trinajstić information content (AvgIpc) is 2.66. The maximum atomic E-state index is 12.9. The number of nitriles is 1. The lowest BCUT2D eigenvalue weighted by Gasteiger charge is -2.31. The van der Waals surface area contributed by atoms with E-state index >= 15 is 0 Å². The Morgan fingerprint density at radius 2 is 1.21 bits per heavy atom. The molecule has 0 aromatic rings. The van der Waals surface area contributed by atoms with Crippen molar-refractivity contribution in [2.45, 2.75) is 38.7 Å². The van der Waals surface area contributed by atoms with Gasteiger partial charge in [-0.15, -0.1) is 0 Å². The van der Waals surface area contributed by atoms with Crippen LogP contribution in [0.4, 0.5) is 0 Å². The monoisotopic (exact) mass is 582 g/mol. The summed E-state index contributed by atoms with van der Waals surface area (Å²) in [5, 5.41) is 8.82. The maximum absolute atomic E-state index is 12.9. The molecule has 22 heteroatoms. The van der Waals surface area contributed by atoms with E-state index in [-0.39, 0.29) is 12.5 Å². The summed E-state index contributed by atoms with van der Waals surface area (Å²) < 4.78 is 114. The van der Waals surface area contributed by atoms with Crippen LogP contribution >= 0.6 is 0 Å². The van der Waals surface area contributed by atoms with Gasteiger partial charge in [-0.2, -0.15) is 5.26 Å². The summed E-state index contributed by atoms with van der Waals surface area (Å²) in [6.45, 7) is 6.89. The zero-order valence-corrected chi connectivity index (χ0v) is 26.9. The Balaban J connectivity index is 5.69. The summed E-state index contributed by atoms with van der Waals surface area (Å²) in [6, 6.07) is 1.96. The zero-order chi connectivity index (χ0) is 23.2. The highest BCUT2D eigenvalue weighted by Crippen LogP contribution is 2.20. The largest absolute Gasteiger partial charge is 0.453 e. The molecule has 0 heterocycles.